The van der Waals surface area contributed by atoms with Crippen molar-refractivity contribution < 1.29 is 19.7 Å². The SMILES string of the molecule is C=CC=CCCOC1C(O)[C@H](CO)O[C@@H]1n1ccc(=O)[nH]c1=O. The largest absolute Gasteiger partial charge is 0.394 e. The van der Waals surface area contributed by atoms with Gasteiger partial charge in [0.15, 0.2) is 6.23 Å². The molecule has 4 atom stereocenters. The Labute approximate surface area is 132 Å². The minimum absolute atomic E-state index is 0.294. The molecule has 0 aromatic carbocycles. The third kappa shape index (κ3) is 4.05. The average molecular weight is 324 g/mol. The van der Waals surface area contributed by atoms with Crippen LogP contribution in [0, 0.1) is 0 Å². The van der Waals surface area contributed by atoms with Crippen LogP contribution >= 0.6 is 0 Å². The van der Waals surface area contributed by atoms with Crippen molar-refractivity contribution in [2.45, 2.75) is 31.0 Å². The highest BCUT2D eigenvalue weighted by Crippen LogP contribution is 2.30. The highest BCUT2D eigenvalue weighted by Gasteiger charge is 2.45. The average Bonchev–Trinajstić information content (AvgIpc) is 2.83. The molecular formula is C15H20N2O6. The number of allylic oxidation sites excluding steroid dienone is 2. The molecule has 1 saturated heterocycles. The standard InChI is InChI=1S/C15H20N2O6/c1-2-3-4-5-8-22-13-12(20)10(9-18)23-14(13)17-7-6-11(19)16-15(17)21/h2-4,6-7,10,12-14,18,20H,1,5,8-9H2,(H,16,19,21)/t10-,12?,13?,14-/m0/s1. The first-order chi connectivity index (χ1) is 11.1. The second kappa shape index (κ2) is 8.02. The van der Waals surface area contributed by atoms with Crippen molar-refractivity contribution in [1.82, 2.24) is 9.55 Å². The van der Waals surface area contributed by atoms with Gasteiger partial charge in [0.25, 0.3) is 5.56 Å². The number of aliphatic hydroxyl groups excluding tert-OH is 2. The molecule has 1 aromatic rings. The Hall–Kier alpha value is -2.00. The normalized spacial score (nSPS) is 27.6. The van der Waals surface area contributed by atoms with Gasteiger partial charge in [0.05, 0.1) is 13.2 Å². The van der Waals surface area contributed by atoms with Crippen molar-refractivity contribution in [3.05, 3.63) is 57.9 Å². The number of aromatic nitrogens is 2. The van der Waals surface area contributed by atoms with Crippen molar-refractivity contribution in [1.29, 1.82) is 0 Å². The van der Waals surface area contributed by atoms with E-state index in [4.69, 9.17) is 9.47 Å². The molecule has 1 aliphatic heterocycles. The summed E-state index contributed by atoms with van der Waals surface area (Å²) in [4.78, 5) is 25.2. The van der Waals surface area contributed by atoms with Gasteiger partial charge in [-0.15, -0.1) is 0 Å². The number of ether oxygens (including phenoxy) is 2. The Balaban J connectivity index is 2.17. The van der Waals surface area contributed by atoms with Gasteiger partial charge >= 0.3 is 5.69 Å². The number of H-pyrrole nitrogens is 1. The van der Waals surface area contributed by atoms with Gasteiger partial charge in [0, 0.05) is 12.3 Å². The maximum Gasteiger partial charge on any atom is 0.330 e. The van der Waals surface area contributed by atoms with E-state index in [2.05, 4.69) is 11.6 Å². The zero-order valence-electron chi connectivity index (χ0n) is 12.5. The van der Waals surface area contributed by atoms with Crippen LogP contribution < -0.4 is 11.2 Å². The maximum absolute atomic E-state index is 11.9. The van der Waals surface area contributed by atoms with E-state index in [1.165, 1.54) is 12.3 Å². The summed E-state index contributed by atoms with van der Waals surface area (Å²) in [5.41, 5.74) is -1.20. The predicted octanol–water partition coefficient (Wildman–Crippen LogP) is -0.695. The summed E-state index contributed by atoms with van der Waals surface area (Å²) in [6.45, 7) is 3.44. The zero-order valence-corrected chi connectivity index (χ0v) is 12.5. The van der Waals surface area contributed by atoms with Gasteiger partial charge in [-0.2, -0.15) is 0 Å². The van der Waals surface area contributed by atoms with E-state index in [1.807, 2.05) is 6.08 Å². The molecule has 0 bridgehead atoms. The topological polar surface area (TPSA) is 114 Å². The number of hydrogen-bond acceptors (Lipinski definition) is 6. The molecule has 8 heteroatoms. The van der Waals surface area contributed by atoms with Gasteiger partial charge in [-0.05, 0) is 6.42 Å². The van der Waals surface area contributed by atoms with Crippen LogP contribution in [0.1, 0.15) is 12.6 Å². The van der Waals surface area contributed by atoms with Gasteiger partial charge in [0.1, 0.15) is 18.3 Å². The highest BCUT2D eigenvalue weighted by molar-refractivity contribution is 4.97. The van der Waals surface area contributed by atoms with E-state index in [9.17, 15) is 19.8 Å². The van der Waals surface area contributed by atoms with Gasteiger partial charge in [-0.3, -0.25) is 14.3 Å². The minimum Gasteiger partial charge on any atom is -0.394 e. The van der Waals surface area contributed by atoms with Crippen LogP contribution in [0.5, 0.6) is 0 Å². The van der Waals surface area contributed by atoms with Crippen LogP contribution in [0.4, 0.5) is 0 Å². The lowest BCUT2D eigenvalue weighted by atomic mass is 10.1. The summed E-state index contributed by atoms with van der Waals surface area (Å²) in [5, 5.41) is 19.5. The van der Waals surface area contributed by atoms with Crippen molar-refractivity contribution >= 4 is 0 Å². The van der Waals surface area contributed by atoms with E-state index < -0.39 is 42.4 Å². The fraction of sp³-hybridized carbons (Fsp3) is 0.467. The molecule has 8 nitrogen and oxygen atoms in total. The van der Waals surface area contributed by atoms with Crippen LogP contribution in [0.25, 0.3) is 0 Å². The first-order valence-electron chi connectivity index (χ1n) is 7.23. The van der Waals surface area contributed by atoms with Gasteiger partial charge in [-0.25, -0.2) is 4.79 Å². The lowest BCUT2D eigenvalue weighted by molar-refractivity contribution is -0.0734. The van der Waals surface area contributed by atoms with Crippen molar-refractivity contribution in [3.63, 3.8) is 0 Å². The summed E-state index contributed by atoms with van der Waals surface area (Å²) in [6.07, 6.45) is 3.38. The number of aromatic amines is 1. The van der Waals surface area contributed by atoms with Crippen molar-refractivity contribution in [2.24, 2.45) is 0 Å². The van der Waals surface area contributed by atoms with Crippen LogP contribution in [0.3, 0.4) is 0 Å². The van der Waals surface area contributed by atoms with E-state index >= 15 is 0 Å². The van der Waals surface area contributed by atoms with Crippen LogP contribution in [-0.4, -0.2) is 51.3 Å². The quantitative estimate of drug-likeness (QED) is 0.452. The summed E-state index contributed by atoms with van der Waals surface area (Å²) < 4.78 is 12.3. The molecule has 0 amide bonds. The molecule has 23 heavy (non-hydrogen) atoms. The molecule has 2 unspecified atom stereocenters. The maximum atomic E-state index is 11.9. The third-order valence-corrected chi connectivity index (χ3v) is 3.49. The smallest absolute Gasteiger partial charge is 0.330 e. The number of rotatable bonds is 7. The van der Waals surface area contributed by atoms with E-state index in [-0.39, 0.29) is 0 Å². The Morgan fingerprint density at radius 1 is 1.48 bits per heavy atom. The molecule has 0 radical (unpaired) electrons. The summed E-state index contributed by atoms with van der Waals surface area (Å²) >= 11 is 0. The van der Waals surface area contributed by atoms with Crippen LogP contribution in [0.15, 0.2) is 46.7 Å². The fourth-order valence-corrected chi connectivity index (χ4v) is 2.37. The molecular weight excluding hydrogens is 304 g/mol. The second-order valence-electron chi connectivity index (χ2n) is 5.04. The number of hydrogen-bond donors (Lipinski definition) is 3. The Morgan fingerprint density at radius 2 is 2.26 bits per heavy atom. The Bertz CT molecular complexity index is 664. The molecule has 0 aliphatic carbocycles. The fourth-order valence-electron chi connectivity index (χ4n) is 2.37. The van der Waals surface area contributed by atoms with Crippen molar-refractivity contribution in [2.75, 3.05) is 13.2 Å². The molecule has 1 aliphatic rings. The lowest BCUT2D eigenvalue weighted by Gasteiger charge is -2.21. The molecule has 1 fully saturated rings. The number of nitrogens with one attached hydrogen (secondary N) is 1. The van der Waals surface area contributed by atoms with E-state index in [1.54, 1.807) is 12.2 Å². The van der Waals surface area contributed by atoms with Crippen LogP contribution in [0.2, 0.25) is 0 Å². The first-order valence-corrected chi connectivity index (χ1v) is 7.23. The Kier molecular flexibility index (Phi) is 6.05. The van der Waals surface area contributed by atoms with E-state index in [0.717, 1.165) is 4.57 Å². The molecule has 0 spiro atoms. The number of aliphatic hydroxyl groups is 2. The lowest BCUT2D eigenvalue weighted by Crippen LogP contribution is -2.39. The molecule has 126 valence electrons. The first kappa shape index (κ1) is 17.4. The summed E-state index contributed by atoms with van der Waals surface area (Å²) in [5.74, 6) is 0. The summed E-state index contributed by atoms with van der Waals surface area (Å²) in [6, 6.07) is 1.17. The molecule has 2 rings (SSSR count). The molecule has 0 saturated carbocycles. The van der Waals surface area contributed by atoms with Gasteiger partial charge < -0.3 is 19.7 Å². The highest BCUT2D eigenvalue weighted by atomic mass is 16.6. The molecule has 2 heterocycles. The van der Waals surface area contributed by atoms with Crippen molar-refractivity contribution in [3.8, 4) is 0 Å². The second-order valence-corrected chi connectivity index (χ2v) is 5.04. The predicted molar refractivity (Wildman–Crippen MR) is 82.0 cm³/mol. The number of nitrogens with zero attached hydrogens (tertiary/aromatic N) is 1. The molecule has 1 aromatic heterocycles. The third-order valence-electron chi connectivity index (χ3n) is 3.49. The summed E-state index contributed by atoms with van der Waals surface area (Å²) in [7, 11) is 0. The minimum atomic E-state index is -1.09. The van der Waals surface area contributed by atoms with Crippen LogP contribution in [-0.2, 0) is 9.47 Å². The van der Waals surface area contributed by atoms with Gasteiger partial charge in [-0.1, -0.05) is 24.8 Å². The zero-order chi connectivity index (χ0) is 16.8. The monoisotopic (exact) mass is 324 g/mol. The van der Waals surface area contributed by atoms with Gasteiger partial charge in [0.2, 0.25) is 0 Å². The Morgan fingerprint density at radius 3 is 2.91 bits per heavy atom. The van der Waals surface area contributed by atoms with E-state index in [0.29, 0.717) is 13.0 Å². The molecule has 3 N–H and O–H groups in total.